The van der Waals surface area contributed by atoms with Crippen LogP contribution in [0.3, 0.4) is 0 Å². The smallest absolute Gasteiger partial charge is 0.134 e. The predicted octanol–water partition coefficient (Wildman–Crippen LogP) is 4.33. The molecule has 1 aliphatic rings. The Kier molecular flexibility index (Phi) is 2.88. The zero-order chi connectivity index (χ0) is 14.2. The molecule has 1 heterocycles. The van der Waals surface area contributed by atoms with Gasteiger partial charge >= 0.3 is 0 Å². The van der Waals surface area contributed by atoms with Crippen molar-refractivity contribution in [1.29, 1.82) is 0 Å². The summed E-state index contributed by atoms with van der Waals surface area (Å²) in [5, 5.41) is 1.15. The summed E-state index contributed by atoms with van der Waals surface area (Å²) in [6, 6.07) is 18.5. The molecule has 1 aromatic heterocycles. The van der Waals surface area contributed by atoms with E-state index >= 15 is 0 Å². The summed E-state index contributed by atoms with van der Waals surface area (Å²) >= 11 is 0. The number of hydrogen-bond acceptors (Lipinski definition) is 2. The van der Waals surface area contributed by atoms with E-state index < -0.39 is 0 Å². The first-order valence-corrected chi connectivity index (χ1v) is 7.37. The summed E-state index contributed by atoms with van der Waals surface area (Å²) in [4.78, 5) is 11.4. The number of rotatable bonds is 2. The van der Waals surface area contributed by atoms with E-state index in [2.05, 4.69) is 18.2 Å². The van der Waals surface area contributed by atoms with E-state index in [0.717, 1.165) is 35.9 Å². The molecule has 3 aromatic rings. The molecule has 4 rings (SSSR count). The lowest BCUT2D eigenvalue weighted by Gasteiger charge is -2.25. The first-order chi connectivity index (χ1) is 10.4. The van der Waals surface area contributed by atoms with E-state index in [1.165, 1.54) is 11.1 Å². The molecule has 0 N–H and O–H groups in total. The largest absolute Gasteiger partial charge is 0.460 e. The molecule has 0 saturated carbocycles. The summed E-state index contributed by atoms with van der Waals surface area (Å²) in [5.41, 5.74) is 3.36. The lowest BCUT2D eigenvalue weighted by atomic mass is 9.77. The average molecular weight is 276 g/mol. The molecule has 0 bridgehead atoms. The van der Waals surface area contributed by atoms with Gasteiger partial charge in [-0.05, 0) is 24.5 Å². The molecule has 21 heavy (non-hydrogen) atoms. The molecule has 104 valence electrons. The molecule has 0 aliphatic heterocycles. The van der Waals surface area contributed by atoms with Gasteiger partial charge in [0, 0.05) is 22.8 Å². The van der Waals surface area contributed by atoms with Gasteiger partial charge in [-0.1, -0.05) is 48.5 Å². The molecule has 0 saturated heterocycles. The minimum Gasteiger partial charge on any atom is -0.460 e. The Morgan fingerprint density at radius 2 is 1.76 bits per heavy atom. The average Bonchev–Trinajstić information content (AvgIpc) is 2.93. The molecule has 0 amide bonds. The van der Waals surface area contributed by atoms with Gasteiger partial charge in [0.15, 0.2) is 0 Å². The molecule has 2 atom stereocenters. The molecule has 2 nitrogen and oxygen atoms in total. The van der Waals surface area contributed by atoms with Crippen molar-refractivity contribution >= 4 is 17.3 Å². The number of hydrogen-bond donors (Lipinski definition) is 0. The highest BCUT2D eigenvalue weighted by atomic mass is 16.3. The second-order valence-electron chi connectivity index (χ2n) is 5.74. The number of carbonyl (C=O) groups is 1. The Bertz CT molecular complexity index is 786. The van der Waals surface area contributed by atoms with Gasteiger partial charge in [0.25, 0.3) is 0 Å². The maximum Gasteiger partial charge on any atom is 0.134 e. The molecular formula is C19H16O2. The number of benzene rings is 2. The van der Waals surface area contributed by atoms with Crippen molar-refractivity contribution in [2.24, 2.45) is 5.92 Å². The van der Waals surface area contributed by atoms with Gasteiger partial charge in [0.1, 0.15) is 17.6 Å². The second-order valence-corrected chi connectivity index (χ2v) is 5.74. The predicted molar refractivity (Wildman–Crippen MR) is 82.4 cm³/mol. The fourth-order valence-electron chi connectivity index (χ4n) is 3.44. The second kappa shape index (κ2) is 4.88. The first-order valence-electron chi connectivity index (χ1n) is 7.37. The number of fused-ring (bicyclic) bond motifs is 3. The maximum absolute atomic E-state index is 11.4. The standard InChI is InChI=1S/C19H16O2/c20-12-13-10-16(14-6-2-1-3-7-14)19-17(11-13)15-8-4-5-9-18(15)21-19/h1-9,12-13,16H,10-11H2/t13-,16-/m1/s1. The van der Waals surface area contributed by atoms with Gasteiger partial charge in [-0.2, -0.15) is 0 Å². The van der Waals surface area contributed by atoms with Gasteiger partial charge in [-0.25, -0.2) is 0 Å². The number of para-hydroxylation sites is 1. The molecule has 0 spiro atoms. The zero-order valence-corrected chi connectivity index (χ0v) is 11.7. The Hall–Kier alpha value is -2.35. The van der Waals surface area contributed by atoms with Crippen LogP contribution in [-0.4, -0.2) is 6.29 Å². The van der Waals surface area contributed by atoms with Gasteiger partial charge in [0.05, 0.1) is 0 Å². The highest BCUT2D eigenvalue weighted by Gasteiger charge is 2.32. The third-order valence-corrected chi connectivity index (χ3v) is 4.45. The van der Waals surface area contributed by atoms with Crippen LogP contribution in [0.1, 0.15) is 29.2 Å². The van der Waals surface area contributed by atoms with Crippen LogP contribution < -0.4 is 0 Å². The lowest BCUT2D eigenvalue weighted by molar-refractivity contribution is -0.111. The highest BCUT2D eigenvalue weighted by Crippen LogP contribution is 2.43. The Balaban J connectivity index is 1.92. The van der Waals surface area contributed by atoms with E-state index in [9.17, 15) is 4.79 Å². The molecule has 0 fully saturated rings. The summed E-state index contributed by atoms with van der Waals surface area (Å²) in [6.07, 6.45) is 2.72. The normalized spacial score (nSPS) is 21.1. The summed E-state index contributed by atoms with van der Waals surface area (Å²) in [6.45, 7) is 0. The quantitative estimate of drug-likeness (QED) is 0.652. The van der Waals surface area contributed by atoms with Crippen LogP contribution in [0.5, 0.6) is 0 Å². The van der Waals surface area contributed by atoms with E-state index in [4.69, 9.17) is 4.42 Å². The minimum absolute atomic E-state index is 0.0729. The molecule has 2 aromatic carbocycles. The monoisotopic (exact) mass is 276 g/mol. The zero-order valence-electron chi connectivity index (χ0n) is 11.7. The number of carbonyl (C=O) groups excluding carboxylic acids is 1. The minimum atomic E-state index is 0.0729. The number of aldehydes is 1. The molecule has 1 aliphatic carbocycles. The van der Waals surface area contributed by atoms with E-state index in [1.807, 2.05) is 36.4 Å². The first kappa shape index (κ1) is 12.4. The van der Waals surface area contributed by atoms with Crippen LogP contribution in [0.4, 0.5) is 0 Å². The summed E-state index contributed by atoms with van der Waals surface area (Å²) in [5.74, 6) is 1.29. The van der Waals surface area contributed by atoms with Crippen LogP contribution in [0.25, 0.3) is 11.0 Å². The van der Waals surface area contributed by atoms with Crippen molar-refractivity contribution < 1.29 is 9.21 Å². The maximum atomic E-state index is 11.4. The van der Waals surface area contributed by atoms with Gasteiger partial charge in [-0.15, -0.1) is 0 Å². The van der Waals surface area contributed by atoms with Crippen molar-refractivity contribution in [2.45, 2.75) is 18.8 Å². The third kappa shape index (κ3) is 1.99. The molecule has 2 heteroatoms. The fourth-order valence-corrected chi connectivity index (χ4v) is 3.44. The van der Waals surface area contributed by atoms with Crippen LogP contribution in [0, 0.1) is 5.92 Å². The van der Waals surface area contributed by atoms with Gasteiger partial charge < -0.3 is 9.21 Å². The van der Waals surface area contributed by atoms with Crippen molar-refractivity contribution in [1.82, 2.24) is 0 Å². The van der Waals surface area contributed by atoms with Crippen LogP contribution >= 0.6 is 0 Å². The van der Waals surface area contributed by atoms with Crippen LogP contribution in [0.2, 0.25) is 0 Å². The van der Waals surface area contributed by atoms with Crippen LogP contribution in [-0.2, 0) is 11.2 Å². The fraction of sp³-hybridized carbons (Fsp3) is 0.211. The Morgan fingerprint density at radius 3 is 2.57 bits per heavy atom. The lowest BCUT2D eigenvalue weighted by Crippen LogP contribution is -2.19. The highest BCUT2D eigenvalue weighted by molar-refractivity contribution is 5.83. The Morgan fingerprint density at radius 1 is 1.00 bits per heavy atom. The van der Waals surface area contributed by atoms with Gasteiger partial charge in [-0.3, -0.25) is 0 Å². The topological polar surface area (TPSA) is 30.2 Å². The molecule has 0 unspecified atom stereocenters. The summed E-state index contributed by atoms with van der Waals surface area (Å²) < 4.78 is 6.13. The van der Waals surface area contributed by atoms with E-state index in [1.54, 1.807) is 0 Å². The van der Waals surface area contributed by atoms with E-state index in [0.29, 0.717) is 0 Å². The van der Waals surface area contributed by atoms with Crippen molar-refractivity contribution in [3.63, 3.8) is 0 Å². The van der Waals surface area contributed by atoms with Crippen molar-refractivity contribution in [3.05, 3.63) is 71.5 Å². The third-order valence-electron chi connectivity index (χ3n) is 4.45. The Labute approximate surface area is 123 Å². The molecule has 0 radical (unpaired) electrons. The molecular weight excluding hydrogens is 260 g/mol. The van der Waals surface area contributed by atoms with E-state index in [-0.39, 0.29) is 11.8 Å². The number of furan rings is 1. The van der Waals surface area contributed by atoms with Crippen LogP contribution in [0.15, 0.2) is 59.0 Å². The summed E-state index contributed by atoms with van der Waals surface area (Å²) in [7, 11) is 0. The SMILES string of the molecule is O=C[C@H]1Cc2c(oc3ccccc23)[C@@H](c2ccccc2)C1. The van der Waals surface area contributed by atoms with Crippen molar-refractivity contribution in [2.75, 3.05) is 0 Å². The van der Waals surface area contributed by atoms with Crippen molar-refractivity contribution in [3.8, 4) is 0 Å². The van der Waals surface area contributed by atoms with Gasteiger partial charge in [0.2, 0.25) is 0 Å².